The summed E-state index contributed by atoms with van der Waals surface area (Å²) in [6.07, 6.45) is -0.428. The molecular formula is C13H16N2O4. The van der Waals surface area contributed by atoms with Gasteiger partial charge in [-0.1, -0.05) is 30.3 Å². The molecule has 19 heavy (non-hydrogen) atoms. The van der Waals surface area contributed by atoms with E-state index in [9.17, 15) is 14.4 Å². The Kier molecular flexibility index (Phi) is 5.05. The van der Waals surface area contributed by atoms with Gasteiger partial charge in [-0.2, -0.15) is 0 Å². The number of benzene rings is 1. The Morgan fingerprint density at radius 2 is 1.84 bits per heavy atom. The highest BCUT2D eigenvalue weighted by atomic mass is 16.4. The summed E-state index contributed by atoms with van der Waals surface area (Å²) in [6, 6.07) is 7.65. The molecule has 0 aromatic heterocycles. The van der Waals surface area contributed by atoms with Gasteiger partial charge in [-0.25, -0.2) is 4.79 Å². The number of hydrogen-bond acceptors (Lipinski definition) is 3. The monoisotopic (exact) mass is 264 g/mol. The van der Waals surface area contributed by atoms with Crippen molar-refractivity contribution < 1.29 is 19.5 Å². The van der Waals surface area contributed by atoms with Crippen molar-refractivity contribution in [2.75, 3.05) is 0 Å². The molecule has 6 heteroatoms. The Hall–Kier alpha value is -2.37. The van der Waals surface area contributed by atoms with Crippen LogP contribution in [0.2, 0.25) is 0 Å². The molecule has 1 aromatic rings. The molecule has 0 saturated heterocycles. The summed E-state index contributed by atoms with van der Waals surface area (Å²) in [5.74, 6) is -3.02. The maximum absolute atomic E-state index is 11.9. The first-order valence-corrected chi connectivity index (χ1v) is 5.78. The molecule has 2 amide bonds. The lowest BCUT2D eigenvalue weighted by Gasteiger charge is -2.17. The van der Waals surface area contributed by atoms with Gasteiger partial charge in [0.1, 0.15) is 6.04 Å². The molecule has 6 nitrogen and oxygen atoms in total. The fourth-order valence-electron chi connectivity index (χ4n) is 1.59. The quantitative estimate of drug-likeness (QED) is 0.683. The van der Waals surface area contributed by atoms with E-state index in [2.05, 4.69) is 5.32 Å². The van der Waals surface area contributed by atoms with Crippen molar-refractivity contribution >= 4 is 17.8 Å². The van der Waals surface area contributed by atoms with Crippen molar-refractivity contribution in [2.24, 2.45) is 5.73 Å². The minimum Gasteiger partial charge on any atom is -0.480 e. The van der Waals surface area contributed by atoms with Gasteiger partial charge in [0.15, 0.2) is 0 Å². The molecule has 0 spiro atoms. The van der Waals surface area contributed by atoms with E-state index in [-0.39, 0.29) is 0 Å². The van der Waals surface area contributed by atoms with Gasteiger partial charge in [-0.15, -0.1) is 0 Å². The van der Waals surface area contributed by atoms with Crippen LogP contribution in [0.25, 0.3) is 0 Å². The van der Waals surface area contributed by atoms with Crippen LogP contribution in [-0.2, 0) is 14.4 Å². The van der Waals surface area contributed by atoms with E-state index in [1.165, 1.54) is 0 Å². The maximum Gasteiger partial charge on any atom is 0.326 e. The van der Waals surface area contributed by atoms with Gasteiger partial charge >= 0.3 is 5.97 Å². The fraction of sp³-hybridized carbons (Fsp3) is 0.308. The number of amides is 2. The van der Waals surface area contributed by atoms with Crippen LogP contribution in [0.1, 0.15) is 24.8 Å². The van der Waals surface area contributed by atoms with Crippen LogP contribution in [0.15, 0.2) is 30.3 Å². The molecule has 0 fully saturated rings. The summed E-state index contributed by atoms with van der Waals surface area (Å²) < 4.78 is 0. The number of carbonyl (C=O) groups is 3. The van der Waals surface area contributed by atoms with Crippen molar-refractivity contribution in [3.8, 4) is 0 Å². The van der Waals surface area contributed by atoms with Gasteiger partial charge in [0.2, 0.25) is 11.8 Å². The minimum atomic E-state index is -1.30. The minimum absolute atomic E-state index is 0.428. The van der Waals surface area contributed by atoms with Crippen molar-refractivity contribution in [1.82, 2.24) is 5.32 Å². The Labute approximate surface area is 110 Å². The summed E-state index contributed by atoms with van der Waals surface area (Å²) in [7, 11) is 0. The van der Waals surface area contributed by atoms with Gasteiger partial charge < -0.3 is 16.2 Å². The first kappa shape index (κ1) is 14.7. The zero-order chi connectivity index (χ0) is 14.4. The van der Waals surface area contributed by atoms with Crippen molar-refractivity contribution in [2.45, 2.75) is 25.3 Å². The van der Waals surface area contributed by atoms with Crippen molar-refractivity contribution in [3.63, 3.8) is 0 Å². The second-order valence-electron chi connectivity index (χ2n) is 4.20. The number of carboxylic acids is 1. The predicted molar refractivity (Wildman–Crippen MR) is 68.2 cm³/mol. The Bertz CT molecular complexity index is 473. The number of aliphatic carboxylic acids is 1. The summed E-state index contributed by atoms with van der Waals surface area (Å²) in [5, 5.41) is 11.2. The molecule has 4 N–H and O–H groups in total. The SMILES string of the molecule is CC(C(=O)N[C@@H](CC(N)=O)C(=O)O)c1ccccc1. The molecule has 0 bridgehead atoms. The normalized spacial score (nSPS) is 13.3. The summed E-state index contributed by atoms with van der Waals surface area (Å²) >= 11 is 0. The molecule has 2 atom stereocenters. The third kappa shape index (κ3) is 4.42. The highest BCUT2D eigenvalue weighted by Crippen LogP contribution is 2.14. The lowest BCUT2D eigenvalue weighted by Crippen LogP contribution is -2.44. The zero-order valence-corrected chi connectivity index (χ0v) is 10.5. The topological polar surface area (TPSA) is 109 Å². The summed E-state index contributed by atoms with van der Waals surface area (Å²) in [5.41, 5.74) is 5.71. The van der Waals surface area contributed by atoms with Crippen LogP contribution < -0.4 is 11.1 Å². The van der Waals surface area contributed by atoms with Crippen LogP contribution in [0.3, 0.4) is 0 Å². The number of nitrogens with one attached hydrogen (secondary N) is 1. The molecule has 0 aliphatic carbocycles. The van der Waals surface area contributed by atoms with Crippen LogP contribution in [0, 0.1) is 0 Å². The van der Waals surface area contributed by atoms with Crippen LogP contribution >= 0.6 is 0 Å². The number of primary amides is 1. The van der Waals surface area contributed by atoms with E-state index in [1.807, 2.05) is 6.07 Å². The second kappa shape index (κ2) is 6.53. The summed E-state index contributed by atoms with van der Waals surface area (Å²) in [6.45, 7) is 1.66. The molecule has 0 radical (unpaired) electrons. The molecule has 102 valence electrons. The number of hydrogen-bond donors (Lipinski definition) is 3. The highest BCUT2D eigenvalue weighted by molar-refractivity contribution is 5.90. The van der Waals surface area contributed by atoms with Crippen LogP contribution in [-0.4, -0.2) is 28.9 Å². The number of rotatable bonds is 6. The van der Waals surface area contributed by atoms with Gasteiger partial charge in [-0.05, 0) is 12.5 Å². The second-order valence-corrected chi connectivity index (χ2v) is 4.20. The van der Waals surface area contributed by atoms with Gasteiger partial charge in [-0.3, -0.25) is 9.59 Å². The van der Waals surface area contributed by atoms with Crippen molar-refractivity contribution in [3.05, 3.63) is 35.9 Å². The highest BCUT2D eigenvalue weighted by Gasteiger charge is 2.25. The van der Waals surface area contributed by atoms with E-state index in [0.29, 0.717) is 0 Å². The van der Waals surface area contributed by atoms with Crippen molar-refractivity contribution in [1.29, 1.82) is 0 Å². The average molecular weight is 264 g/mol. The zero-order valence-electron chi connectivity index (χ0n) is 10.5. The Morgan fingerprint density at radius 1 is 1.26 bits per heavy atom. The van der Waals surface area contributed by atoms with E-state index >= 15 is 0 Å². The standard InChI is InChI=1S/C13H16N2O4/c1-8(9-5-3-2-4-6-9)12(17)15-10(13(18)19)7-11(14)16/h2-6,8,10H,7H2,1H3,(H2,14,16)(H,15,17)(H,18,19)/t8?,10-/m0/s1. The van der Waals surface area contributed by atoms with Crippen LogP contribution in [0.5, 0.6) is 0 Å². The lowest BCUT2D eigenvalue weighted by molar-refractivity contribution is -0.143. The average Bonchev–Trinajstić information content (AvgIpc) is 2.37. The molecule has 0 saturated carbocycles. The van der Waals surface area contributed by atoms with Crippen LogP contribution in [0.4, 0.5) is 0 Å². The number of carbonyl (C=O) groups excluding carboxylic acids is 2. The molecular weight excluding hydrogens is 248 g/mol. The van der Waals surface area contributed by atoms with E-state index in [1.54, 1.807) is 31.2 Å². The number of carboxylic acid groups (broad SMARTS) is 1. The first-order valence-electron chi connectivity index (χ1n) is 5.78. The molecule has 0 aliphatic rings. The Morgan fingerprint density at radius 3 is 2.32 bits per heavy atom. The smallest absolute Gasteiger partial charge is 0.326 e. The third-order valence-corrected chi connectivity index (χ3v) is 2.71. The van der Waals surface area contributed by atoms with E-state index < -0.39 is 36.2 Å². The molecule has 0 aliphatic heterocycles. The first-order chi connectivity index (χ1) is 8.91. The molecule has 1 unspecified atom stereocenters. The molecule has 1 rings (SSSR count). The fourth-order valence-corrected chi connectivity index (χ4v) is 1.59. The molecule has 1 aromatic carbocycles. The van der Waals surface area contributed by atoms with Gasteiger partial charge in [0.25, 0.3) is 0 Å². The summed E-state index contributed by atoms with van der Waals surface area (Å²) in [4.78, 5) is 33.6. The third-order valence-electron chi connectivity index (χ3n) is 2.71. The lowest BCUT2D eigenvalue weighted by atomic mass is 10.00. The van der Waals surface area contributed by atoms with E-state index in [0.717, 1.165) is 5.56 Å². The van der Waals surface area contributed by atoms with E-state index in [4.69, 9.17) is 10.8 Å². The molecule has 0 heterocycles. The predicted octanol–water partition coefficient (Wildman–Crippen LogP) is 0.235. The van der Waals surface area contributed by atoms with Gasteiger partial charge in [0, 0.05) is 0 Å². The van der Waals surface area contributed by atoms with Gasteiger partial charge in [0.05, 0.1) is 12.3 Å². The maximum atomic E-state index is 11.9. The Balaban J connectivity index is 2.72. The largest absolute Gasteiger partial charge is 0.480 e. The number of nitrogens with two attached hydrogens (primary N) is 1.